The summed E-state index contributed by atoms with van der Waals surface area (Å²) in [7, 11) is 1.09. The molecule has 2 heterocycles. The molecule has 3 aromatic rings. The quantitative estimate of drug-likeness (QED) is 0.718. The van der Waals surface area contributed by atoms with E-state index in [1.807, 2.05) is 0 Å². The maximum Gasteiger partial charge on any atom is 0.433 e. The van der Waals surface area contributed by atoms with E-state index < -0.39 is 29.3 Å². The molecule has 0 saturated heterocycles. The third-order valence-electron chi connectivity index (χ3n) is 3.40. The molecule has 26 heavy (non-hydrogen) atoms. The zero-order valence-electron chi connectivity index (χ0n) is 13.3. The molecule has 136 valence electrons. The number of amides is 1. The van der Waals surface area contributed by atoms with Crippen LogP contribution in [0.2, 0.25) is 0 Å². The predicted molar refractivity (Wildman–Crippen MR) is 81.7 cm³/mol. The number of nitrogens with zero attached hydrogens (tertiary/aromatic N) is 5. The minimum absolute atomic E-state index is 0.106. The average Bonchev–Trinajstić information content (AvgIpc) is 3.13. The monoisotopic (exact) mass is 368 g/mol. The number of aromatic nitrogens is 5. The van der Waals surface area contributed by atoms with Crippen LogP contribution in [0.1, 0.15) is 21.7 Å². The van der Waals surface area contributed by atoms with Gasteiger partial charge in [-0.05, 0) is 17.7 Å². The number of hydrogen-bond acceptors (Lipinski definition) is 4. The maximum atomic E-state index is 13.2. The van der Waals surface area contributed by atoms with Crippen molar-refractivity contribution in [2.45, 2.75) is 12.7 Å². The third kappa shape index (κ3) is 3.87. The SMILES string of the molecule is Cn1nc(C(=O)Nc2ncn(Cc3cccc(F)c3)n2)cc1C(F)(F)F. The fourth-order valence-electron chi connectivity index (χ4n) is 2.26. The van der Waals surface area contributed by atoms with Crippen LogP contribution in [0.15, 0.2) is 36.7 Å². The molecule has 0 atom stereocenters. The van der Waals surface area contributed by atoms with Crippen molar-refractivity contribution >= 4 is 11.9 Å². The van der Waals surface area contributed by atoms with Crippen LogP contribution in [0.4, 0.5) is 23.5 Å². The van der Waals surface area contributed by atoms with Crippen molar-refractivity contribution in [1.29, 1.82) is 0 Å². The number of nitrogens with one attached hydrogen (secondary N) is 1. The number of halogens is 4. The Morgan fingerprint density at radius 3 is 2.65 bits per heavy atom. The van der Waals surface area contributed by atoms with Crippen molar-refractivity contribution in [3.63, 3.8) is 0 Å². The summed E-state index contributed by atoms with van der Waals surface area (Å²) in [5.74, 6) is -1.38. The molecule has 1 N–H and O–H groups in total. The lowest BCUT2D eigenvalue weighted by molar-refractivity contribution is -0.143. The number of carbonyl (C=O) groups excluding carboxylic acids is 1. The van der Waals surface area contributed by atoms with Gasteiger partial charge in [0.2, 0.25) is 5.95 Å². The number of anilines is 1. The molecule has 0 saturated carbocycles. The summed E-state index contributed by atoms with van der Waals surface area (Å²) in [5.41, 5.74) is -0.833. The lowest BCUT2D eigenvalue weighted by atomic mass is 10.2. The van der Waals surface area contributed by atoms with Crippen LogP contribution < -0.4 is 5.32 Å². The van der Waals surface area contributed by atoms with Gasteiger partial charge in [0.1, 0.15) is 17.8 Å². The molecule has 11 heteroatoms. The van der Waals surface area contributed by atoms with E-state index in [1.165, 1.54) is 23.1 Å². The maximum absolute atomic E-state index is 13.2. The van der Waals surface area contributed by atoms with E-state index >= 15 is 0 Å². The molecule has 0 spiro atoms. The highest BCUT2D eigenvalue weighted by Gasteiger charge is 2.35. The summed E-state index contributed by atoms with van der Waals surface area (Å²) in [6.07, 6.45) is -3.31. The molecule has 1 aromatic carbocycles. The third-order valence-corrected chi connectivity index (χ3v) is 3.40. The standard InChI is InChI=1S/C15H12F4N6O/c1-24-12(15(17,18)19)6-11(22-24)13(26)21-14-20-8-25(23-14)7-9-3-2-4-10(16)5-9/h2-6,8H,7H2,1H3,(H,21,23,26). The van der Waals surface area contributed by atoms with Gasteiger partial charge in [-0.2, -0.15) is 18.3 Å². The molecule has 1 amide bonds. The number of alkyl halides is 3. The molecule has 2 aromatic heterocycles. The fraction of sp³-hybridized carbons (Fsp3) is 0.200. The van der Waals surface area contributed by atoms with Crippen LogP contribution in [0.3, 0.4) is 0 Å². The lowest BCUT2D eigenvalue weighted by Crippen LogP contribution is -2.14. The van der Waals surface area contributed by atoms with Gasteiger partial charge in [-0.15, -0.1) is 5.10 Å². The van der Waals surface area contributed by atoms with Gasteiger partial charge in [0.25, 0.3) is 5.91 Å². The van der Waals surface area contributed by atoms with Crippen molar-refractivity contribution in [3.05, 3.63) is 59.4 Å². The van der Waals surface area contributed by atoms with Gasteiger partial charge in [-0.25, -0.2) is 14.1 Å². The van der Waals surface area contributed by atoms with Crippen LogP contribution in [0.25, 0.3) is 0 Å². The number of aryl methyl sites for hydroxylation is 1. The van der Waals surface area contributed by atoms with Crippen molar-refractivity contribution in [2.75, 3.05) is 5.32 Å². The number of carbonyl (C=O) groups is 1. The van der Waals surface area contributed by atoms with E-state index in [4.69, 9.17) is 0 Å². The summed E-state index contributed by atoms with van der Waals surface area (Å²) < 4.78 is 53.3. The Balaban J connectivity index is 1.70. The molecule has 0 aliphatic carbocycles. The van der Waals surface area contributed by atoms with E-state index in [-0.39, 0.29) is 12.5 Å². The summed E-state index contributed by atoms with van der Waals surface area (Å²) in [6, 6.07) is 6.50. The van der Waals surface area contributed by atoms with Crippen LogP contribution in [-0.4, -0.2) is 30.5 Å². The molecular formula is C15H12F4N6O. The number of benzene rings is 1. The highest BCUT2D eigenvalue weighted by molar-refractivity contribution is 6.01. The van der Waals surface area contributed by atoms with Gasteiger partial charge in [-0.3, -0.25) is 14.8 Å². The van der Waals surface area contributed by atoms with E-state index in [9.17, 15) is 22.4 Å². The first-order chi connectivity index (χ1) is 12.2. The predicted octanol–water partition coefficient (Wildman–Crippen LogP) is 2.47. The molecule has 0 unspecified atom stereocenters. The first kappa shape index (κ1) is 17.6. The Morgan fingerprint density at radius 2 is 2.00 bits per heavy atom. The van der Waals surface area contributed by atoms with Gasteiger partial charge < -0.3 is 0 Å². The van der Waals surface area contributed by atoms with E-state index in [0.717, 1.165) is 7.05 Å². The van der Waals surface area contributed by atoms with Gasteiger partial charge in [0, 0.05) is 13.1 Å². The van der Waals surface area contributed by atoms with Crippen molar-refractivity contribution in [1.82, 2.24) is 24.5 Å². The number of rotatable bonds is 4. The van der Waals surface area contributed by atoms with Gasteiger partial charge in [0.05, 0.1) is 6.54 Å². The Hall–Kier alpha value is -3.24. The van der Waals surface area contributed by atoms with Crippen LogP contribution in [-0.2, 0) is 19.8 Å². The Bertz CT molecular complexity index is 946. The van der Waals surface area contributed by atoms with E-state index in [0.29, 0.717) is 16.3 Å². The van der Waals surface area contributed by atoms with Gasteiger partial charge in [0.15, 0.2) is 5.69 Å². The largest absolute Gasteiger partial charge is 0.433 e. The minimum Gasteiger partial charge on any atom is -0.288 e. The topological polar surface area (TPSA) is 77.6 Å². The lowest BCUT2D eigenvalue weighted by Gasteiger charge is -2.04. The van der Waals surface area contributed by atoms with Crippen molar-refractivity contribution in [2.24, 2.45) is 7.05 Å². The van der Waals surface area contributed by atoms with E-state index in [2.05, 4.69) is 20.5 Å². The van der Waals surface area contributed by atoms with Crippen LogP contribution >= 0.6 is 0 Å². The Kier molecular flexibility index (Phi) is 4.45. The highest BCUT2D eigenvalue weighted by atomic mass is 19.4. The zero-order valence-corrected chi connectivity index (χ0v) is 13.3. The van der Waals surface area contributed by atoms with Crippen LogP contribution in [0.5, 0.6) is 0 Å². The van der Waals surface area contributed by atoms with Crippen molar-refractivity contribution < 1.29 is 22.4 Å². The van der Waals surface area contributed by atoms with E-state index in [1.54, 1.807) is 12.1 Å². The second-order valence-corrected chi connectivity index (χ2v) is 5.39. The van der Waals surface area contributed by atoms with Gasteiger partial charge in [-0.1, -0.05) is 12.1 Å². The average molecular weight is 368 g/mol. The fourth-order valence-corrected chi connectivity index (χ4v) is 2.26. The summed E-state index contributed by atoms with van der Waals surface area (Å²) in [6.45, 7) is 0.211. The normalized spacial score (nSPS) is 11.6. The highest BCUT2D eigenvalue weighted by Crippen LogP contribution is 2.29. The van der Waals surface area contributed by atoms with Crippen molar-refractivity contribution in [3.8, 4) is 0 Å². The summed E-state index contributed by atoms with van der Waals surface area (Å²) >= 11 is 0. The number of hydrogen-bond donors (Lipinski definition) is 1. The first-order valence-corrected chi connectivity index (χ1v) is 7.29. The molecule has 0 radical (unpaired) electrons. The summed E-state index contributed by atoms with van der Waals surface area (Å²) in [4.78, 5) is 15.9. The zero-order chi connectivity index (χ0) is 18.9. The Labute approximate surface area is 144 Å². The minimum atomic E-state index is -4.62. The molecule has 7 nitrogen and oxygen atoms in total. The second-order valence-electron chi connectivity index (χ2n) is 5.39. The molecule has 0 bridgehead atoms. The summed E-state index contributed by atoms with van der Waals surface area (Å²) in [5, 5.41) is 9.78. The Morgan fingerprint density at radius 1 is 1.23 bits per heavy atom. The van der Waals surface area contributed by atoms with Gasteiger partial charge >= 0.3 is 6.18 Å². The smallest absolute Gasteiger partial charge is 0.288 e. The van der Waals surface area contributed by atoms with Crippen LogP contribution in [0, 0.1) is 5.82 Å². The molecule has 0 fully saturated rings. The first-order valence-electron chi connectivity index (χ1n) is 7.29. The molecule has 0 aliphatic heterocycles. The molecular weight excluding hydrogens is 356 g/mol. The molecule has 0 aliphatic rings. The molecule has 3 rings (SSSR count). The second kappa shape index (κ2) is 6.58.